The minimum atomic E-state index is -0.603. The molecular weight excluding hydrogens is 440 g/mol. The first-order chi connectivity index (χ1) is 15.7. The molecule has 0 bridgehead atoms. The third-order valence-corrected chi connectivity index (χ3v) is 5.88. The molecule has 0 spiro atoms. The van der Waals surface area contributed by atoms with Gasteiger partial charge in [0.2, 0.25) is 0 Å². The third kappa shape index (κ3) is 8.39. The zero-order valence-electron chi connectivity index (χ0n) is 19.8. The summed E-state index contributed by atoms with van der Waals surface area (Å²) < 4.78 is 5.27. The quantitative estimate of drug-likeness (QED) is 0.506. The summed E-state index contributed by atoms with van der Waals surface area (Å²) in [5, 5.41) is 12.4. The lowest BCUT2D eigenvalue weighted by Gasteiger charge is -2.32. The third-order valence-electron chi connectivity index (χ3n) is 5.13. The number of nitrogens with zero attached hydrogens (tertiary/aromatic N) is 3. The summed E-state index contributed by atoms with van der Waals surface area (Å²) >= 11 is 1.37. The van der Waals surface area contributed by atoms with Gasteiger partial charge >= 0.3 is 6.09 Å². The zero-order chi connectivity index (χ0) is 23.8. The number of likely N-dealkylation sites (N-methyl/N-ethyl adjacent to an activating group) is 1. The SMILES string of the molecule is CN1CCN(CCNCc2ccc(C(=O)Nc3cscc3NC(=O)OC(C)(C)C)nc2)CC1. The lowest BCUT2D eigenvalue weighted by molar-refractivity contribution is 0.0635. The molecule has 2 aromatic heterocycles. The van der Waals surface area contributed by atoms with E-state index in [2.05, 4.69) is 37.8 Å². The molecule has 1 saturated heterocycles. The molecular formula is C23H34N6O3S. The van der Waals surface area contributed by atoms with Gasteiger partial charge in [0.05, 0.1) is 11.4 Å². The van der Waals surface area contributed by atoms with Crippen LogP contribution in [0.2, 0.25) is 0 Å². The standard InChI is InChI=1S/C23H34N6O3S/c1-23(2,3)32-22(31)27-20-16-33-15-19(20)26-21(30)18-6-5-17(14-25-18)13-24-7-8-29-11-9-28(4)10-12-29/h5-6,14-16,24H,7-13H2,1-4H3,(H,26,30)(H,27,31). The molecule has 9 nitrogen and oxygen atoms in total. The van der Waals surface area contributed by atoms with Gasteiger partial charge in [-0.1, -0.05) is 6.07 Å². The number of anilines is 2. The van der Waals surface area contributed by atoms with Gasteiger partial charge in [0.1, 0.15) is 11.3 Å². The highest BCUT2D eigenvalue weighted by atomic mass is 32.1. The molecule has 1 aliphatic heterocycles. The number of rotatable bonds is 8. The fourth-order valence-electron chi connectivity index (χ4n) is 3.30. The van der Waals surface area contributed by atoms with E-state index in [0.29, 0.717) is 23.6 Å². The van der Waals surface area contributed by atoms with E-state index in [4.69, 9.17) is 4.74 Å². The average molecular weight is 475 g/mol. The normalized spacial score (nSPS) is 15.3. The molecule has 1 fully saturated rings. The number of hydrogen-bond donors (Lipinski definition) is 3. The van der Waals surface area contributed by atoms with Gasteiger partial charge in [0, 0.05) is 62.8 Å². The highest BCUT2D eigenvalue weighted by Gasteiger charge is 2.19. The topological polar surface area (TPSA) is 98.8 Å². The number of nitrogens with one attached hydrogen (secondary N) is 3. The van der Waals surface area contributed by atoms with Gasteiger partial charge in [-0.15, -0.1) is 11.3 Å². The maximum absolute atomic E-state index is 12.6. The molecule has 2 amide bonds. The van der Waals surface area contributed by atoms with Crippen molar-refractivity contribution in [2.24, 2.45) is 0 Å². The van der Waals surface area contributed by atoms with Crippen LogP contribution in [-0.2, 0) is 11.3 Å². The first kappa shape index (κ1) is 25.1. The lowest BCUT2D eigenvalue weighted by Crippen LogP contribution is -2.46. The second-order valence-electron chi connectivity index (χ2n) is 9.15. The molecule has 3 rings (SSSR count). The predicted octanol–water partition coefficient (Wildman–Crippen LogP) is 3.08. The number of piperazine rings is 1. The monoisotopic (exact) mass is 474 g/mol. The van der Waals surface area contributed by atoms with Crippen molar-refractivity contribution in [1.29, 1.82) is 0 Å². The largest absolute Gasteiger partial charge is 0.444 e. The predicted molar refractivity (Wildman–Crippen MR) is 132 cm³/mol. The van der Waals surface area contributed by atoms with Crippen LogP contribution in [-0.4, -0.2) is 78.7 Å². The first-order valence-electron chi connectivity index (χ1n) is 11.1. The Morgan fingerprint density at radius 3 is 2.42 bits per heavy atom. The van der Waals surface area contributed by atoms with Crippen LogP contribution < -0.4 is 16.0 Å². The molecule has 1 aliphatic rings. The summed E-state index contributed by atoms with van der Waals surface area (Å²) in [4.78, 5) is 33.7. The number of aromatic nitrogens is 1. The van der Waals surface area contributed by atoms with Gasteiger partial charge in [-0.3, -0.25) is 20.0 Å². The van der Waals surface area contributed by atoms with Crippen LogP contribution in [0.25, 0.3) is 0 Å². The van der Waals surface area contributed by atoms with Crippen molar-refractivity contribution in [2.75, 3.05) is 56.9 Å². The second kappa shape index (κ2) is 11.6. The number of ether oxygens (including phenoxy) is 1. The molecule has 0 aliphatic carbocycles. The summed E-state index contributed by atoms with van der Waals surface area (Å²) in [6, 6.07) is 3.61. The molecule has 0 atom stereocenters. The van der Waals surface area contributed by atoms with Crippen molar-refractivity contribution in [3.8, 4) is 0 Å². The van der Waals surface area contributed by atoms with Crippen LogP contribution in [0.15, 0.2) is 29.1 Å². The number of pyridine rings is 1. The van der Waals surface area contributed by atoms with Gasteiger partial charge < -0.3 is 20.3 Å². The van der Waals surface area contributed by atoms with Gasteiger partial charge in [-0.2, -0.15) is 0 Å². The fourth-order valence-corrected chi connectivity index (χ4v) is 4.01. The smallest absolute Gasteiger partial charge is 0.412 e. The molecule has 0 unspecified atom stereocenters. The maximum atomic E-state index is 12.6. The van der Waals surface area contributed by atoms with Crippen LogP contribution in [0, 0.1) is 0 Å². The van der Waals surface area contributed by atoms with Crippen molar-refractivity contribution in [2.45, 2.75) is 32.9 Å². The molecule has 2 aromatic rings. The Hall–Kier alpha value is -2.53. The van der Waals surface area contributed by atoms with Crippen molar-refractivity contribution < 1.29 is 14.3 Å². The molecule has 33 heavy (non-hydrogen) atoms. The number of thiophene rings is 1. The van der Waals surface area contributed by atoms with Crippen LogP contribution in [0.5, 0.6) is 0 Å². The summed E-state index contributed by atoms with van der Waals surface area (Å²) in [5.41, 5.74) is 1.73. The van der Waals surface area contributed by atoms with Crippen LogP contribution in [0.4, 0.5) is 16.2 Å². The minimum Gasteiger partial charge on any atom is -0.444 e. The Labute approximate surface area is 199 Å². The van der Waals surface area contributed by atoms with Crippen LogP contribution >= 0.6 is 11.3 Å². The average Bonchev–Trinajstić information content (AvgIpc) is 3.17. The highest BCUT2D eigenvalue weighted by Crippen LogP contribution is 2.27. The van der Waals surface area contributed by atoms with E-state index in [1.807, 2.05) is 6.07 Å². The first-order valence-corrected chi connectivity index (χ1v) is 12.1. The zero-order valence-corrected chi connectivity index (χ0v) is 20.6. The van der Waals surface area contributed by atoms with E-state index < -0.39 is 11.7 Å². The Kier molecular flexibility index (Phi) is 8.79. The fraction of sp³-hybridized carbons (Fsp3) is 0.522. The van der Waals surface area contributed by atoms with E-state index in [1.165, 1.54) is 11.3 Å². The minimum absolute atomic E-state index is 0.311. The second-order valence-corrected chi connectivity index (χ2v) is 9.90. The van der Waals surface area contributed by atoms with Crippen LogP contribution in [0.1, 0.15) is 36.8 Å². The Bertz CT molecular complexity index is 917. The number of hydrogen-bond acceptors (Lipinski definition) is 8. The van der Waals surface area contributed by atoms with Gasteiger partial charge in [-0.05, 0) is 39.4 Å². The molecule has 0 saturated carbocycles. The Morgan fingerprint density at radius 2 is 1.79 bits per heavy atom. The molecule has 3 N–H and O–H groups in total. The van der Waals surface area contributed by atoms with Crippen molar-refractivity contribution in [3.05, 3.63) is 40.3 Å². The van der Waals surface area contributed by atoms with Crippen LogP contribution in [0.3, 0.4) is 0 Å². The number of amides is 2. The molecule has 3 heterocycles. The maximum Gasteiger partial charge on any atom is 0.412 e. The summed E-state index contributed by atoms with van der Waals surface area (Å²) in [6.45, 7) is 12.5. The van der Waals surface area contributed by atoms with Gasteiger partial charge in [0.15, 0.2) is 0 Å². The molecule has 0 aromatic carbocycles. The van der Waals surface area contributed by atoms with E-state index in [-0.39, 0.29) is 5.91 Å². The van der Waals surface area contributed by atoms with E-state index in [0.717, 1.165) is 44.8 Å². The molecule has 10 heteroatoms. The Morgan fingerprint density at radius 1 is 1.09 bits per heavy atom. The Balaban J connectivity index is 1.44. The highest BCUT2D eigenvalue weighted by molar-refractivity contribution is 7.09. The summed E-state index contributed by atoms with van der Waals surface area (Å²) in [6.07, 6.45) is 1.14. The summed E-state index contributed by atoms with van der Waals surface area (Å²) in [5.74, 6) is -0.338. The van der Waals surface area contributed by atoms with Gasteiger partial charge in [0.25, 0.3) is 5.91 Å². The number of carbonyl (C=O) groups is 2. The van der Waals surface area contributed by atoms with Crippen molar-refractivity contribution >= 4 is 34.7 Å². The van der Waals surface area contributed by atoms with E-state index >= 15 is 0 Å². The number of carbonyl (C=O) groups excluding carboxylic acids is 2. The lowest BCUT2D eigenvalue weighted by atomic mass is 10.2. The van der Waals surface area contributed by atoms with Crippen molar-refractivity contribution in [1.82, 2.24) is 20.1 Å². The molecule has 180 valence electrons. The van der Waals surface area contributed by atoms with Crippen molar-refractivity contribution in [3.63, 3.8) is 0 Å². The summed E-state index contributed by atoms with van der Waals surface area (Å²) in [7, 11) is 2.16. The molecule has 0 radical (unpaired) electrons. The van der Waals surface area contributed by atoms with Gasteiger partial charge in [-0.25, -0.2) is 4.79 Å². The van der Waals surface area contributed by atoms with E-state index in [9.17, 15) is 9.59 Å². The van der Waals surface area contributed by atoms with E-state index in [1.54, 1.807) is 43.8 Å².